The number of hydrogen-bond donors (Lipinski definition) is 1. The molecule has 0 aliphatic rings. The molecule has 0 saturated carbocycles. The number of oxazole rings is 1. The smallest absolute Gasteiger partial charge is 0.273 e. The highest BCUT2D eigenvalue weighted by molar-refractivity contribution is 5.91. The summed E-state index contributed by atoms with van der Waals surface area (Å²) in [5.74, 6) is 1.65. The van der Waals surface area contributed by atoms with E-state index in [1.54, 1.807) is 25.5 Å². The van der Waals surface area contributed by atoms with Crippen LogP contribution in [-0.2, 0) is 19.6 Å². The molecule has 0 radical (unpaired) electrons. The molecule has 2 aromatic heterocycles. The Balaban J connectivity index is 1.49. The SMILES string of the molecule is COc1cccc(CN(Cc2nc(C(=O)NCc3ccco3)co2)[C@H](C)c2ccccc2)c1. The molecule has 1 N–H and O–H groups in total. The minimum atomic E-state index is -0.308. The van der Waals surface area contributed by atoms with Crippen molar-refractivity contribution in [2.75, 3.05) is 7.11 Å². The van der Waals surface area contributed by atoms with Crippen LogP contribution in [0.1, 0.15) is 46.2 Å². The molecule has 7 nitrogen and oxygen atoms in total. The van der Waals surface area contributed by atoms with Crippen molar-refractivity contribution < 1.29 is 18.4 Å². The van der Waals surface area contributed by atoms with Crippen LogP contribution in [0.5, 0.6) is 5.75 Å². The second kappa shape index (κ2) is 10.7. The molecule has 4 rings (SSSR count). The Kier molecular flexibility index (Phi) is 7.22. The molecule has 0 aliphatic heterocycles. The first-order chi connectivity index (χ1) is 16.1. The minimum absolute atomic E-state index is 0.0977. The second-order valence-electron chi connectivity index (χ2n) is 7.73. The number of benzene rings is 2. The monoisotopic (exact) mass is 445 g/mol. The van der Waals surface area contributed by atoms with E-state index < -0.39 is 0 Å². The molecular formula is C26H27N3O4. The second-order valence-corrected chi connectivity index (χ2v) is 7.73. The third kappa shape index (κ3) is 5.90. The number of aromatic nitrogens is 1. The maximum absolute atomic E-state index is 12.5. The van der Waals surface area contributed by atoms with Gasteiger partial charge in [0.2, 0.25) is 5.89 Å². The summed E-state index contributed by atoms with van der Waals surface area (Å²) < 4.78 is 16.3. The largest absolute Gasteiger partial charge is 0.497 e. The van der Waals surface area contributed by atoms with Crippen LogP contribution in [0.2, 0.25) is 0 Å². The van der Waals surface area contributed by atoms with Crippen molar-refractivity contribution >= 4 is 5.91 Å². The lowest BCUT2D eigenvalue weighted by molar-refractivity contribution is 0.0943. The number of rotatable bonds is 10. The lowest BCUT2D eigenvalue weighted by Crippen LogP contribution is -2.27. The standard InChI is InChI=1S/C26H27N3O4/c1-19(21-9-4-3-5-10-21)29(16-20-8-6-11-22(14-20)31-2)17-25-28-24(18-33-25)26(30)27-15-23-12-7-13-32-23/h3-14,18-19H,15-17H2,1-2H3,(H,27,30)/t19-/m1/s1. The Morgan fingerprint density at radius 3 is 2.67 bits per heavy atom. The highest BCUT2D eigenvalue weighted by Gasteiger charge is 2.20. The molecule has 0 saturated heterocycles. The third-order valence-corrected chi connectivity index (χ3v) is 5.48. The van der Waals surface area contributed by atoms with Crippen molar-refractivity contribution in [3.63, 3.8) is 0 Å². The fraction of sp³-hybridized carbons (Fsp3) is 0.231. The van der Waals surface area contributed by atoms with Gasteiger partial charge >= 0.3 is 0 Å². The zero-order valence-electron chi connectivity index (χ0n) is 18.7. The van der Waals surface area contributed by atoms with Crippen molar-refractivity contribution in [3.8, 4) is 5.75 Å². The number of carbonyl (C=O) groups excluding carboxylic acids is 1. The third-order valence-electron chi connectivity index (χ3n) is 5.48. The number of carbonyl (C=O) groups is 1. The highest BCUT2D eigenvalue weighted by Crippen LogP contribution is 2.25. The van der Waals surface area contributed by atoms with Gasteiger partial charge in [0.05, 0.1) is 26.5 Å². The summed E-state index contributed by atoms with van der Waals surface area (Å²) in [6.45, 7) is 3.55. The van der Waals surface area contributed by atoms with E-state index >= 15 is 0 Å². The van der Waals surface area contributed by atoms with E-state index in [2.05, 4.69) is 40.3 Å². The summed E-state index contributed by atoms with van der Waals surface area (Å²) >= 11 is 0. The van der Waals surface area contributed by atoms with E-state index in [1.165, 1.54) is 11.8 Å². The first-order valence-corrected chi connectivity index (χ1v) is 10.8. The highest BCUT2D eigenvalue weighted by atomic mass is 16.5. The van der Waals surface area contributed by atoms with Crippen LogP contribution < -0.4 is 10.1 Å². The summed E-state index contributed by atoms with van der Waals surface area (Å²) in [7, 11) is 1.66. The molecular weight excluding hydrogens is 418 g/mol. The predicted octanol–water partition coefficient (Wildman–Crippen LogP) is 4.97. The normalized spacial score (nSPS) is 12.0. The Labute approximate surface area is 193 Å². The van der Waals surface area contributed by atoms with E-state index in [4.69, 9.17) is 13.6 Å². The zero-order valence-corrected chi connectivity index (χ0v) is 18.7. The number of nitrogens with one attached hydrogen (secondary N) is 1. The first-order valence-electron chi connectivity index (χ1n) is 10.8. The molecule has 2 heterocycles. The van der Waals surface area contributed by atoms with E-state index in [0.717, 1.165) is 11.3 Å². The van der Waals surface area contributed by atoms with Gasteiger partial charge < -0.3 is 18.9 Å². The number of furan rings is 1. The number of methoxy groups -OCH3 is 1. The van der Waals surface area contributed by atoms with Gasteiger partial charge in [0.25, 0.3) is 5.91 Å². The molecule has 0 unspecified atom stereocenters. The molecule has 2 aromatic carbocycles. The summed E-state index contributed by atoms with van der Waals surface area (Å²) in [5, 5.41) is 2.79. The van der Waals surface area contributed by atoms with Gasteiger partial charge in [0.1, 0.15) is 17.8 Å². The van der Waals surface area contributed by atoms with Crippen molar-refractivity contribution in [1.82, 2.24) is 15.2 Å². The van der Waals surface area contributed by atoms with E-state index in [-0.39, 0.29) is 17.6 Å². The van der Waals surface area contributed by atoms with E-state index in [1.807, 2.05) is 36.4 Å². The van der Waals surface area contributed by atoms with E-state index in [0.29, 0.717) is 31.3 Å². The van der Waals surface area contributed by atoms with Crippen LogP contribution in [0.4, 0.5) is 0 Å². The Morgan fingerprint density at radius 1 is 1.06 bits per heavy atom. The minimum Gasteiger partial charge on any atom is -0.497 e. The lowest BCUT2D eigenvalue weighted by atomic mass is 10.1. The number of amides is 1. The molecule has 0 spiro atoms. The molecule has 4 aromatic rings. The molecule has 0 aliphatic carbocycles. The predicted molar refractivity (Wildman–Crippen MR) is 123 cm³/mol. The summed E-state index contributed by atoms with van der Waals surface area (Å²) in [6.07, 6.45) is 2.96. The number of nitrogens with zero attached hydrogens (tertiary/aromatic N) is 2. The topological polar surface area (TPSA) is 80.7 Å². The van der Waals surface area contributed by atoms with Crippen molar-refractivity contribution in [1.29, 1.82) is 0 Å². The molecule has 0 bridgehead atoms. The number of ether oxygens (including phenoxy) is 1. The van der Waals surface area contributed by atoms with Crippen LogP contribution >= 0.6 is 0 Å². The quantitative estimate of drug-likeness (QED) is 0.371. The Bertz CT molecular complexity index is 1160. The van der Waals surface area contributed by atoms with Crippen LogP contribution in [0.3, 0.4) is 0 Å². The van der Waals surface area contributed by atoms with E-state index in [9.17, 15) is 4.79 Å². The van der Waals surface area contributed by atoms with Gasteiger partial charge in [-0.2, -0.15) is 0 Å². The van der Waals surface area contributed by atoms with Crippen LogP contribution in [0.25, 0.3) is 0 Å². The average Bonchev–Trinajstić information content (AvgIpc) is 3.55. The molecule has 33 heavy (non-hydrogen) atoms. The van der Waals surface area contributed by atoms with Crippen LogP contribution in [0.15, 0.2) is 88.1 Å². The summed E-state index contributed by atoms with van der Waals surface area (Å²) in [6, 6.07) is 21.9. The van der Waals surface area contributed by atoms with Crippen molar-refractivity contribution in [2.45, 2.75) is 32.6 Å². The van der Waals surface area contributed by atoms with Gasteiger partial charge in [0, 0.05) is 12.6 Å². The maximum atomic E-state index is 12.5. The van der Waals surface area contributed by atoms with Gasteiger partial charge in [-0.15, -0.1) is 0 Å². The molecule has 170 valence electrons. The molecule has 1 amide bonds. The van der Waals surface area contributed by atoms with Crippen LogP contribution in [0, 0.1) is 0 Å². The maximum Gasteiger partial charge on any atom is 0.273 e. The molecule has 0 fully saturated rings. The van der Waals surface area contributed by atoms with Gasteiger partial charge in [0.15, 0.2) is 5.69 Å². The average molecular weight is 446 g/mol. The fourth-order valence-electron chi connectivity index (χ4n) is 3.61. The summed E-state index contributed by atoms with van der Waals surface area (Å²) in [5.41, 5.74) is 2.54. The van der Waals surface area contributed by atoms with Crippen molar-refractivity contribution in [2.24, 2.45) is 0 Å². The number of hydrogen-bond acceptors (Lipinski definition) is 6. The molecule has 1 atom stereocenters. The first kappa shape index (κ1) is 22.4. The Hall–Kier alpha value is -3.84. The van der Waals surface area contributed by atoms with Gasteiger partial charge in [-0.1, -0.05) is 42.5 Å². The van der Waals surface area contributed by atoms with Crippen molar-refractivity contribution in [3.05, 3.63) is 108 Å². The lowest BCUT2D eigenvalue weighted by Gasteiger charge is -2.28. The fourth-order valence-corrected chi connectivity index (χ4v) is 3.61. The van der Waals surface area contributed by atoms with Gasteiger partial charge in [-0.25, -0.2) is 4.98 Å². The summed E-state index contributed by atoms with van der Waals surface area (Å²) in [4.78, 5) is 19.1. The van der Waals surface area contributed by atoms with Gasteiger partial charge in [-0.05, 0) is 42.3 Å². The van der Waals surface area contributed by atoms with Gasteiger partial charge in [-0.3, -0.25) is 9.69 Å². The van der Waals surface area contributed by atoms with Crippen LogP contribution in [-0.4, -0.2) is 22.9 Å². The Morgan fingerprint density at radius 2 is 1.91 bits per heavy atom. The zero-order chi connectivity index (χ0) is 23.0. The molecule has 7 heteroatoms.